The average molecular weight is 286 g/mol. The highest BCUT2D eigenvalue weighted by Crippen LogP contribution is 2.48. The van der Waals surface area contributed by atoms with E-state index >= 15 is 0 Å². The Hall–Kier alpha value is 1.10. The molecule has 7 radical (unpaired) electrons. The molecule has 0 N–H and O–H groups in total. The summed E-state index contributed by atoms with van der Waals surface area (Å²) in [4.78, 5) is 0. The summed E-state index contributed by atoms with van der Waals surface area (Å²) < 4.78 is 12.7. The van der Waals surface area contributed by atoms with Crippen molar-refractivity contribution in [3.05, 3.63) is 0 Å². The van der Waals surface area contributed by atoms with E-state index in [1.165, 1.54) is 18.1 Å². The lowest BCUT2D eigenvalue weighted by Gasteiger charge is -2.24. The maximum absolute atomic E-state index is 12.7. The van der Waals surface area contributed by atoms with Crippen LogP contribution in [0.15, 0.2) is 0 Å². The highest BCUT2D eigenvalue weighted by molar-refractivity contribution is 7.64. The van der Waals surface area contributed by atoms with Crippen LogP contribution in [0.4, 0.5) is 0 Å². The van der Waals surface area contributed by atoms with Gasteiger partial charge in [0, 0.05) is 37.4 Å². The van der Waals surface area contributed by atoms with Gasteiger partial charge in [-0.15, -0.1) is 0 Å². The lowest BCUT2D eigenvalue weighted by molar-refractivity contribution is 0.576. The summed E-state index contributed by atoms with van der Waals surface area (Å²) in [6, 6.07) is 3.91. The molecule has 0 unspecified atom stereocenters. The molecule has 0 aromatic carbocycles. The first-order valence-electron chi connectivity index (χ1n) is 5.81. The monoisotopic (exact) mass is 285 g/mol. The van der Waals surface area contributed by atoms with Crippen LogP contribution < -0.4 is 0 Å². The number of hydrogen-bond donors (Lipinski definition) is 0. The van der Waals surface area contributed by atoms with E-state index in [-0.39, 0.29) is 8.80 Å². The van der Waals surface area contributed by atoms with Crippen molar-refractivity contribution in [2.75, 3.05) is 18.5 Å². The largest absolute Gasteiger partial charge is 0.324 e. The molecule has 6 heteroatoms. The molecule has 3 fully saturated rings. The average Bonchev–Trinajstić information content (AvgIpc) is 2.26. The maximum Gasteiger partial charge on any atom is 0.0868 e. The molecule has 81 valence electrons. The van der Waals surface area contributed by atoms with Gasteiger partial charge in [-0.1, -0.05) is 35.1 Å². The Balaban J connectivity index is 2.05. The molecule has 0 aromatic rings. The summed E-state index contributed by atoms with van der Waals surface area (Å²) in [6.45, 7) is 0. The highest BCUT2D eigenvalue weighted by Gasteiger charge is 2.25. The molecule has 1 nitrogen and oxygen atoms in total. The van der Waals surface area contributed by atoms with E-state index in [1.54, 1.807) is 17.0 Å². The highest BCUT2D eigenvalue weighted by atomic mass is 31.2. The molecular weight excluding hydrogens is 267 g/mol. The lowest BCUT2D eigenvalue weighted by Crippen LogP contribution is -2.24. The number of rotatable bonds is 0. The molecule has 0 aliphatic carbocycles. The molecule has 0 spiro atoms. The summed E-state index contributed by atoms with van der Waals surface area (Å²) >= 11 is 0. The zero-order valence-corrected chi connectivity index (χ0v) is 14.1. The zero-order chi connectivity index (χ0) is 10.6. The van der Waals surface area contributed by atoms with E-state index in [0.717, 1.165) is 47.0 Å². The minimum Gasteiger partial charge on any atom is -0.324 e. The predicted molar refractivity (Wildman–Crippen MR) is 74.1 cm³/mol. The first kappa shape index (κ1) is 12.6. The third-order valence-electron chi connectivity index (χ3n) is 3.21. The number of fused-ring (bicyclic) bond motifs is 9. The molecule has 3 aliphatic rings. The zero-order valence-electron chi connectivity index (χ0n) is 9.22. The predicted octanol–water partition coefficient (Wildman–Crippen LogP) is 2.11. The second-order valence-corrected chi connectivity index (χ2v) is 16.7. The van der Waals surface area contributed by atoms with Crippen LogP contribution in [0.5, 0.6) is 0 Å². The smallest absolute Gasteiger partial charge is 0.0868 e. The van der Waals surface area contributed by atoms with Crippen LogP contribution >= 0.6 is 7.14 Å². The Kier molecular flexibility index (Phi) is 5.14. The van der Waals surface area contributed by atoms with Crippen molar-refractivity contribution in [2.45, 2.75) is 35.1 Å². The molecular formula is C9H18OPSi4. The van der Waals surface area contributed by atoms with Gasteiger partial charge in [0.2, 0.25) is 0 Å². The van der Waals surface area contributed by atoms with Crippen LogP contribution in [0.25, 0.3) is 0 Å². The molecule has 0 atom stereocenters. The fourth-order valence-corrected chi connectivity index (χ4v) is 20.9. The molecule has 0 amide bonds. The van der Waals surface area contributed by atoms with Crippen LogP contribution in [0.2, 0.25) is 35.1 Å². The summed E-state index contributed by atoms with van der Waals surface area (Å²) in [6.07, 6.45) is 3.32. The SMILES string of the molecule is O=P12CC[Si]C[Si](C[Si]CC1)C[Si]CC2. The van der Waals surface area contributed by atoms with E-state index in [4.69, 9.17) is 0 Å². The third-order valence-corrected chi connectivity index (χ3v) is 18.4. The van der Waals surface area contributed by atoms with Crippen molar-refractivity contribution in [3.8, 4) is 0 Å². The molecule has 0 aromatic heterocycles. The van der Waals surface area contributed by atoms with Gasteiger partial charge in [-0.25, -0.2) is 0 Å². The van der Waals surface area contributed by atoms with Crippen molar-refractivity contribution >= 4 is 44.5 Å². The third kappa shape index (κ3) is 4.11. The van der Waals surface area contributed by atoms with Crippen molar-refractivity contribution < 1.29 is 4.57 Å². The Morgan fingerprint density at radius 3 is 1.60 bits per heavy atom. The van der Waals surface area contributed by atoms with Crippen molar-refractivity contribution in [3.63, 3.8) is 0 Å². The summed E-state index contributed by atoms with van der Waals surface area (Å²) in [5.41, 5.74) is 4.68. The lowest BCUT2D eigenvalue weighted by atomic mass is 10.9. The molecule has 3 heterocycles. The van der Waals surface area contributed by atoms with Gasteiger partial charge in [0.15, 0.2) is 0 Å². The van der Waals surface area contributed by atoms with Gasteiger partial charge in [0.1, 0.15) is 0 Å². The van der Waals surface area contributed by atoms with Crippen molar-refractivity contribution in [2.24, 2.45) is 0 Å². The number of hydrogen-bond acceptors (Lipinski definition) is 1. The summed E-state index contributed by atoms with van der Waals surface area (Å²) in [5, 5.41) is 0. The van der Waals surface area contributed by atoms with Crippen LogP contribution in [-0.4, -0.2) is 55.8 Å². The fraction of sp³-hybridized carbons (Fsp3) is 1.00. The van der Waals surface area contributed by atoms with Crippen LogP contribution in [0.3, 0.4) is 0 Å². The molecule has 15 heavy (non-hydrogen) atoms. The van der Waals surface area contributed by atoms with Gasteiger partial charge in [-0.05, 0) is 18.5 Å². The molecule has 0 saturated carbocycles. The van der Waals surface area contributed by atoms with E-state index in [0.29, 0.717) is 0 Å². The standard InChI is InChI=1S/C9H18OPSi4/c10-11-1-4-12-7-15(8-13-5-2-11)9-14-6-3-11/h1-9H2. The first-order valence-corrected chi connectivity index (χ1v) is 14.4. The van der Waals surface area contributed by atoms with Crippen molar-refractivity contribution in [1.82, 2.24) is 0 Å². The topological polar surface area (TPSA) is 17.1 Å². The summed E-state index contributed by atoms with van der Waals surface area (Å²) in [5.74, 6) is 0. The molecule has 2 bridgehead atoms. The van der Waals surface area contributed by atoms with Crippen LogP contribution in [-0.2, 0) is 4.57 Å². The Morgan fingerprint density at radius 2 is 1.20 bits per heavy atom. The maximum atomic E-state index is 12.7. The van der Waals surface area contributed by atoms with Gasteiger partial charge in [-0.2, -0.15) is 0 Å². The Morgan fingerprint density at radius 1 is 0.800 bits per heavy atom. The van der Waals surface area contributed by atoms with E-state index in [2.05, 4.69) is 0 Å². The summed E-state index contributed by atoms with van der Waals surface area (Å²) in [7, 11) is 1.82. The van der Waals surface area contributed by atoms with E-state index in [9.17, 15) is 4.57 Å². The van der Waals surface area contributed by atoms with Crippen LogP contribution in [0.1, 0.15) is 0 Å². The fourth-order valence-electron chi connectivity index (χ4n) is 2.17. The minimum absolute atomic E-state index is 0.0439. The Labute approximate surface area is 103 Å². The quantitative estimate of drug-likeness (QED) is 0.492. The van der Waals surface area contributed by atoms with Crippen LogP contribution in [0, 0.1) is 0 Å². The Bertz CT molecular complexity index is 210. The van der Waals surface area contributed by atoms with Gasteiger partial charge >= 0.3 is 0 Å². The van der Waals surface area contributed by atoms with E-state index in [1.807, 2.05) is 0 Å². The van der Waals surface area contributed by atoms with Crippen molar-refractivity contribution in [1.29, 1.82) is 0 Å². The molecule has 3 rings (SSSR count). The van der Waals surface area contributed by atoms with E-state index < -0.39 is 7.14 Å². The van der Waals surface area contributed by atoms with Gasteiger partial charge in [-0.3, -0.25) is 0 Å². The normalized spacial score (nSPS) is 29.3. The first-order chi connectivity index (χ1) is 7.29. The molecule has 3 saturated heterocycles. The van der Waals surface area contributed by atoms with Gasteiger partial charge < -0.3 is 4.57 Å². The van der Waals surface area contributed by atoms with Gasteiger partial charge in [0.25, 0.3) is 0 Å². The minimum atomic E-state index is -1.69. The second-order valence-electron chi connectivity index (χ2n) is 4.51. The molecule has 3 aliphatic heterocycles. The van der Waals surface area contributed by atoms with Gasteiger partial charge in [0.05, 0.1) is 7.14 Å². The second kappa shape index (κ2) is 6.14.